The number of halogens is 7. The fraction of sp³-hybridized carbons (Fsp3) is 0.226. The summed E-state index contributed by atoms with van der Waals surface area (Å²) in [6, 6.07) is 27.8. The molecule has 91 heavy (non-hydrogen) atoms. The van der Waals surface area contributed by atoms with Gasteiger partial charge in [-0.05, 0) is 144 Å². The van der Waals surface area contributed by atoms with E-state index in [1.165, 1.54) is 33.5 Å². The zero-order chi connectivity index (χ0) is 66.7. The van der Waals surface area contributed by atoms with Crippen molar-refractivity contribution in [1.29, 1.82) is 0 Å². The summed E-state index contributed by atoms with van der Waals surface area (Å²) in [5.74, 6) is 1.83. The number of anilines is 4. The first-order chi connectivity index (χ1) is 42.9. The number of hydrogen-bond donors (Lipinski definition) is 5. The molecule has 11 aromatic rings. The van der Waals surface area contributed by atoms with Crippen LogP contribution in [0.25, 0.3) is 55.6 Å². The molecule has 0 bridgehead atoms. The minimum Gasteiger partial charge on any atom is -0.506 e. The lowest BCUT2D eigenvalue weighted by Gasteiger charge is -2.32. The van der Waals surface area contributed by atoms with E-state index in [4.69, 9.17) is 117 Å². The minimum absolute atomic E-state index is 0.0382. The number of nitrogens with two attached hydrogens (primary N) is 3. The molecule has 1 amide bonds. The normalized spacial score (nSPS) is 12.9. The van der Waals surface area contributed by atoms with Crippen LogP contribution in [0.2, 0.25) is 25.1 Å². The van der Waals surface area contributed by atoms with Crippen molar-refractivity contribution in [2.24, 2.45) is 0 Å². The Morgan fingerprint density at radius 1 is 0.582 bits per heavy atom. The van der Waals surface area contributed by atoms with Gasteiger partial charge in [0.1, 0.15) is 33.9 Å². The van der Waals surface area contributed by atoms with Crippen LogP contribution in [0, 0.1) is 20.8 Å². The van der Waals surface area contributed by atoms with Gasteiger partial charge in [-0.25, -0.2) is 34.9 Å². The quantitative estimate of drug-likeness (QED) is 0.0408. The van der Waals surface area contributed by atoms with Gasteiger partial charge in [0.15, 0.2) is 34.4 Å². The molecule has 0 aliphatic carbocycles. The van der Waals surface area contributed by atoms with Crippen molar-refractivity contribution in [1.82, 2.24) is 34.9 Å². The molecule has 8 N–H and O–H groups in total. The third-order valence-electron chi connectivity index (χ3n) is 13.6. The largest absolute Gasteiger partial charge is 0.506 e. The molecule has 0 unspecified atom stereocenters. The molecule has 1 aliphatic heterocycles. The number of aromatic nitrogens is 7. The van der Waals surface area contributed by atoms with E-state index < -0.39 is 13.1 Å². The maximum atomic E-state index is 12.3. The molecule has 29 heteroatoms. The number of fused-ring (bicyclic) bond motifs is 3. The average Bonchev–Trinajstić information content (AvgIpc) is 1.73. The number of phenolic OH excluding ortho intramolecular Hbond substituents is 1. The Balaban J connectivity index is 0.000000163. The molecule has 1 aliphatic rings. The number of amides is 1. The zero-order valence-corrected chi connectivity index (χ0v) is 57.7. The van der Waals surface area contributed by atoms with Crippen LogP contribution in [0.5, 0.6) is 5.75 Å². The summed E-state index contributed by atoms with van der Waals surface area (Å²) in [5, 5.41) is 14.4. The summed E-state index contributed by atoms with van der Waals surface area (Å²) in [5.41, 5.74) is 24.8. The summed E-state index contributed by atoms with van der Waals surface area (Å²) in [6.07, 6.45) is 6.58. The predicted octanol–water partition coefficient (Wildman–Crippen LogP) is 16.1. The smallest absolute Gasteiger partial charge is 0.498 e. The number of oxazole rings is 3. The minimum atomic E-state index is -0.875. The zero-order valence-electron chi connectivity index (χ0n) is 50.8. The predicted molar refractivity (Wildman–Crippen MR) is 366 cm³/mol. The van der Waals surface area contributed by atoms with Gasteiger partial charge in [0.2, 0.25) is 5.95 Å². The number of nitrogens with one attached hydrogen (secondary N) is 1. The van der Waals surface area contributed by atoms with Gasteiger partial charge in [-0.3, -0.25) is 4.79 Å². The average molecular weight is 1470 g/mol. The van der Waals surface area contributed by atoms with Crippen LogP contribution in [-0.4, -0.2) is 91.5 Å². The number of aryl methyl sites for hydroxylation is 3. The van der Waals surface area contributed by atoms with Crippen LogP contribution in [0.15, 0.2) is 144 Å². The van der Waals surface area contributed by atoms with Crippen molar-refractivity contribution in [3.63, 3.8) is 0 Å². The molecule has 0 saturated carbocycles. The van der Waals surface area contributed by atoms with Gasteiger partial charge in [-0.15, -0.1) is 0 Å². The van der Waals surface area contributed by atoms with Crippen molar-refractivity contribution in [2.75, 3.05) is 43.8 Å². The van der Waals surface area contributed by atoms with Gasteiger partial charge in [0.25, 0.3) is 11.9 Å². The van der Waals surface area contributed by atoms with E-state index in [1.54, 1.807) is 100 Å². The summed E-state index contributed by atoms with van der Waals surface area (Å²) in [6.45, 7) is 15.1. The van der Waals surface area contributed by atoms with E-state index in [1.807, 2.05) is 65.0 Å². The van der Waals surface area contributed by atoms with Gasteiger partial charge in [-0.2, -0.15) is 0 Å². The highest BCUT2D eigenvalue weighted by Crippen LogP contribution is 2.38. The molecule has 21 nitrogen and oxygen atoms in total. The molecular weight excluding hydrogens is 1410 g/mol. The molecule has 6 aromatic heterocycles. The number of carbonyl (C=O) groups is 1. The van der Waals surface area contributed by atoms with Crippen LogP contribution in [0.1, 0.15) is 62.6 Å². The second-order valence-electron chi connectivity index (χ2n) is 20.6. The highest BCUT2D eigenvalue weighted by atomic mass is 79.9. The molecule has 0 spiro atoms. The molecule has 1 saturated heterocycles. The number of methoxy groups -OCH3 is 3. The number of rotatable bonds is 8. The van der Waals surface area contributed by atoms with E-state index >= 15 is 0 Å². The number of phenols is 1. The molecule has 0 atom stereocenters. The molecule has 0 radical (unpaired) electrons. The first kappa shape index (κ1) is 71.3. The summed E-state index contributed by atoms with van der Waals surface area (Å²) in [4.78, 5) is 41.2. The van der Waals surface area contributed by atoms with E-state index in [0.717, 1.165) is 48.8 Å². The summed E-state index contributed by atoms with van der Waals surface area (Å²) >= 11 is 36.6. The molecule has 7 heterocycles. The fourth-order valence-corrected chi connectivity index (χ4v) is 9.62. The van der Waals surface area contributed by atoms with Crippen molar-refractivity contribution < 1.29 is 46.7 Å². The second-order valence-corrected chi connectivity index (χ2v) is 24.4. The highest BCUT2D eigenvalue weighted by Gasteiger charge is 2.52. The van der Waals surface area contributed by atoms with Crippen LogP contribution in [0.3, 0.4) is 0 Å². The van der Waals surface area contributed by atoms with Crippen LogP contribution in [0.4, 0.5) is 23.3 Å². The number of ether oxygens (including phenoxy) is 3. The third-order valence-corrected chi connectivity index (χ3v) is 17.0. The van der Waals surface area contributed by atoms with Gasteiger partial charge >= 0.3 is 7.12 Å². The standard InChI is InChI=1S/C20H13Cl2N3O2.C13H10ClN3O.C10H16BN3O2.C8H5BrClNO.C6H5BrClNO.C5H12O3/c1-11-24-17-9-16(22)14(8-18(17)27-11)12-6-7-19(23-10-12)25-20(26)13-4-2-3-5-15(13)21;1-7-17-11-5-10(14)9(4-12(11)18-7)8-2-3-13(15)16-6-8;1-9(2)10(3,4)16-11(15-9)7-5-13-8(12)14-6-7;1-4-11-7-3-6(10)5(9)2-8(7)12-4;7-3-1-6(10)5(9)2-4(3)8;1-5(6-2,7-3)8-4/h2-10H,1H3,(H,23,25,26);2-6H,1H3,(H2,15,16);5-6H,1-4H3,(H2,12,13,14);2-3H,1H3;1-2,10H,9H2;1-4H3. The highest BCUT2D eigenvalue weighted by molar-refractivity contribution is 9.10. The number of nitrogen functional groups attached to an aromatic ring is 3. The van der Waals surface area contributed by atoms with Crippen molar-refractivity contribution in [3.8, 4) is 28.0 Å². The van der Waals surface area contributed by atoms with E-state index in [2.05, 4.69) is 72.1 Å². The van der Waals surface area contributed by atoms with Gasteiger partial charge in [-0.1, -0.05) is 70.1 Å². The van der Waals surface area contributed by atoms with Gasteiger partial charge in [0.05, 0.1) is 47.6 Å². The van der Waals surface area contributed by atoms with Crippen molar-refractivity contribution >= 4 is 165 Å². The number of nitrogens with zero attached hydrogens (tertiary/aromatic N) is 7. The Morgan fingerprint density at radius 3 is 1.47 bits per heavy atom. The molecule has 12 rings (SSSR count). The summed E-state index contributed by atoms with van der Waals surface area (Å²) in [7, 11) is 4.14. The Kier molecular flexibility index (Phi) is 24.3. The number of carbonyl (C=O) groups excluding carboxylic acids is 1. The topological polar surface area (TPSA) is 303 Å². The lowest BCUT2D eigenvalue weighted by Crippen LogP contribution is -2.41. The first-order valence-corrected chi connectivity index (χ1v) is 30.5. The molecule has 476 valence electrons. The monoisotopic (exact) mass is 1460 g/mol. The lowest BCUT2D eigenvalue weighted by atomic mass is 9.81. The van der Waals surface area contributed by atoms with E-state index in [9.17, 15) is 4.79 Å². The van der Waals surface area contributed by atoms with Gasteiger partial charge in [0, 0.05) is 110 Å². The Hall–Kier alpha value is -7.17. The second kappa shape index (κ2) is 31.0. The van der Waals surface area contributed by atoms with Crippen molar-refractivity contribution in [3.05, 3.63) is 179 Å². The number of hydrogen-bond acceptors (Lipinski definition) is 20. The number of pyridine rings is 2. The maximum Gasteiger partial charge on any atom is 0.498 e. The van der Waals surface area contributed by atoms with Crippen LogP contribution in [-0.2, 0) is 23.5 Å². The fourth-order valence-electron chi connectivity index (χ4n) is 7.88. The summed E-state index contributed by atoms with van der Waals surface area (Å²) < 4.78 is 43.9. The molecule has 5 aromatic carbocycles. The first-order valence-electron chi connectivity index (χ1n) is 27.0. The third kappa shape index (κ3) is 18.8. The lowest BCUT2D eigenvalue weighted by molar-refractivity contribution is -0.340. The van der Waals surface area contributed by atoms with E-state index in [0.29, 0.717) is 81.1 Å². The Bertz CT molecular complexity index is 4200. The number of aromatic hydroxyl groups is 1. The maximum absolute atomic E-state index is 12.3. The van der Waals surface area contributed by atoms with E-state index in [-0.39, 0.29) is 34.5 Å². The Morgan fingerprint density at radius 2 is 1.03 bits per heavy atom. The van der Waals surface area contributed by atoms with Crippen molar-refractivity contribution in [2.45, 2.75) is 72.6 Å². The molecular formula is C62H61BBr2Cl5N11O10. The van der Waals surface area contributed by atoms with Crippen LogP contribution >= 0.6 is 89.9 Å². The SMILES string of the molecule is CC1(C)OB(c2cnc(N)nc2)OC1(C)C.COC(C)(OC)OC.Cc1nc2cc(Cl)c(-c3ccc(N)nc3)cc2o1.Cc1nc2cc(Cl)c(-c3ccc(NC(=O)c4ccccc4Cl)nc3)cc2o1.Cc1nc2cc(Cl)c(Br)cc2o1.Nc1cc(Cl)c(Br)cc1O. The Labute approximate surface area is 566 Å². The van der Waals surface area contributed by atoms with Crippen LogP contribution < -0.4 is 28.0 Å². The van der Waals surface area contributed by atoms with Gasteiger partial charge < -0.3 is 64.4 Å². The number of benzene rings is 5. The molecule has 1 fully saturated rings.